The van der Waals surface area contributed by atoms with Crippen molar-refractivity contribution in [2.45, 2.75) is 20.8 Å². The summed E-state index contributed by atoms with van der Waals surface area (Å²) in [5, 5.41) is 5.55. The number of fused-ring (bicyclic) bond motifs is 1. The van der Waals surface area contributed by atoms with Crippen LogP contribution in [0.25, 0.3) is 11.1 Å². The zero-order chi connectivity index (χ0) is 18.9. The van der Waals surface area contributed by atoms with E-state index in [0.717, 1.165) is 0 Å². The lowest BCUT2D eigenvalue weighted by molar-refractivity contribution is -0.123. The lowest BCUT2D eigenvalue weighted by atomic mass is 9.95. The van der Waals surface area contributed by atoms with Crippen LogP contribution in [0.4, 0.5) is 11.4 Å². The van der Waals surface area contributed by atoms with Crippen LogP contribution in [0.1, 0.15) is 31.1 Å². The average molecular weight is 353 g/mol. The third kappa shape index (κ3) is 3.83. The quantitative estimate of drug-likeness (QED) is 0.671. The Labute approximate surface area is 149 Å². The molecule has 0 bridgehead atoms. The van der Waals surface area contributed by atoms with Gasteiger partial charge in [-0.15, -0.1) is 0 Å². The monoisotopic (exact) mass is 353 g/mol. The first-order chi connectivity index (χ1) is 12.2. The highest BCUT2D eigenvalue weighted by atomic mass is 16.4. The fourth-order valence-corrected chi connectivity index (χ4v) is 2.29. The van der Waals surface area contributed by atoms with Gasteiger partial charge in [-0.3, -0.25) is 14.6 Å². The highest BCUT2D eigenvalue weighted by molar-refractivity contribution is 6.06. The largest absolute Gasteiger partial charge is 0.417 e. The van der Waals surface area contributed by atoms with Gasteiger partial charge >= 0.3 is 5.76 Å². The van der Waals surface area contributed by atoms with E-state index in [1.807, 2.05) is 20.8 Å². The van der Waals surface area contributed by atoms with Crippen molar-refractivity contribution in [2.75, 3.05) is 10.6 Å². The summed E-state index contributed by atoms with van der Waals surface area (Å²) in [6.07, 6.45) is 0. The number of carbonyl (C=O) groups is 2. The van der Waals surface area contributed by atoms with Gasteiger partial charge in [0, 0.05) is 22.4 Å². The zero-order valence-corrected chi connectivity index (χ0v) is 14.7. The summed E-state index contributed by atoms with van der Waals surface area (Å²) in [6.45, 7) is 5.44. The Balaban J connectivity index is 1.77. The van der Waals surface area contributed by atoms with E-state index >= 15 is 0 Å². The number of anilines is 2. The van der Waals surface area contributed by atoms with Gasteiger partial charge in [-0.25, -0.2) is 4.79 Å². The van der Waals surface area contributed by atoms with Crippen LogP contribution in [-0.2, 0) is 4.79 Å². The van der Waals surface area contributed by atoms with Crippen LogP contribution in [-0.4, -0.2) is 16.8 Å². The van der Waals surface area contributed by atoms with Crippen molar-refractivity contribution < 1.29 is 14.0 Å². The van der Waals surface area contributed by atoms with Crippen molar-refractivity contribution in [3.63, 3.8) is 0 Å². The standard InChI is InChI=1S/C19H19N3O4/c1-19(2,3)17(24)21-12-6-4-5-11(9-12)16(23)20-13-7-8-15-14(10-13)22-18(25)26-15/h4-10H,1-3H3,(H,20,23)(H,21,24)(H,22,25). The summed E-state index contributed by atoms with van der Waals surface area (Å²) >= 11 is 0. The van der Waals surface area contributed by atoms with E-state index in [1.54, 1.807) is 42.5 Å². The van der Waals surface area contributed by atoms with Crippen LogP contribution in [0.2, 0.25) is 0 Å². The third-order valence-corrected chi connectivity index (χ3v) is 3.74. The number of H-pyrrole nitrogens is 1. The van der Waals surface area contributed by atoms with Crippen molar-refractivity contribution in [1.82, 2.24) is 4.98 Å². The number of hydrogen-bond donors (Lipinski definition) is 3. The van der Waals surface area contributed by atoms with Gasteiger partial charge in [0.05, 0.1) is 5.52 Å². The van der Waals surface area contributed by atoms with E-state index in [1.165, 1.54) is 0 Å². The van der Waals surface area contributed by atoms with Crippen LogP contribution in [0.15, 0.2) is 51.7 Å². The van der Waals surface area contributed by atoms with Crippen molar-refractivity contribution in [2.24, 2.45) is 5.41 Å². The van der Waals surface area contributed by atoms with Gasteiger partial charge in [-0.1, -0.05) is 26.8 Å². The lowest BCUT2D eigenvalue weighted by Crippen LogP contribution is -2.27. The van der Waals surface area contributed by atoms with Gasteiger partial charge in [0.2, 0.25) is 5.91 Å². The molecule has 0 saturated heterocycles. The van der Waals surface area contributed by atoms with E-state index in [9.17, 15) is 14.4 Å². The van der Waals surface area contributed by atoms with Crippen molar-refractivity contribution >= 4 is 34.3 Å². The molecular formula is C19H19N3O4. The molecule has 134 valence electrons. The summed E-state index contributed by atoms with van der Waals surface area (Å²) in [4.78, 5) is 38.3. The zero-order valence-electron chi connectivity index (χ0n) is 14.7. The fourth-order valence-electron chi connectivity index (χ4n) is 2.29. The van der Waals surface area contributed by atoms with E-state index in [4.69, 9.17) is 4.42 Å². The molecule has 26 heavy (non-hydrogen) atoms. The molecule has 0 aliphatic rings. The number of benzene rings is 2. The van der Waals surface area contributed by atoms with Gasteiger partial charge in [0.25, 0.3) is 5.91 Å². The summed E-state index contributed by atoms with van der Waals surface area (Å²) in [5.74, 6) is -1.02. The molecule has 0 radical (unpaired) electrons. The molecule has 3 rings (SSSR count). The second kappa shape index (κ2) is 6.51. The number of oxazole rings is 1. The first-order valence-corrected chi connectivity index (χ1v) is 8.08. The molecule has 0 unspecified atom stereocenters. The molecule has 1 heterocycles. The molecule has 0 spiro atoms. The number of hydrogen-bond acceptors (Lipinski definition) is 4. The van der Waals surface area contributed by atoms with Gasteiger partial charge in [0.1, 0.15) is 0 Å². The molecule has 2 amide bonds. The third-order valence-electron chi connectivity index (χ3n) is 3.74. The molecule has 7 heteroatoms. The predicted octanol–water partition coefficient (Wildman–Crippen LogP) is 3.36. The van der Waals surface area contributed by atoms with Crippen LogP contribution < -0.4 is 16.4 Å². The van der Waals surface area contributed by atoms with Gasteiger partial charge in [-0.05, 0) is 36.4 Å². The van der Waals surface area contributed by atoms with E-state index in [2.05, 4.69) is 15.6 Å². The Hall–Kier alpha value is -3.35. The first kappa shape index (κ1) is 17.5. The molecular weight excluding hydrogens is 334 g/mol. The minimum absolute atomic E-state index is 0.135. The first-order valence-electron chi connectivity index (χ1n) is 8.08. The maximum Gasteiger partial charge on any atom is 0.417 e. The number of rotatable bonds is 3. The fraction of sp³-hybridized carbons (Fsp3) is 0.211. The topological polar surface area (TPSA) is 104 Å². The summed E-state index contributed by atoms with van der Waals surface area (Å²) in [6, 6.07) is 11.5. The van der Waals surface area contributed by atoms with Gasteiger partial charge in [0.15, 0.2) is 5.58 Å². The molecule has 2 aromatic carbocycles. The van der Waals surface area contributed by atoms with Crippen LogP contribution >= 0.6 is 0 Å². The number of nitrogens with one attached hydrogen (secondary N) is 3. The molecule has 1 aromatic heterocycles. The van der Waals surface area contributed by atoms with Gasteiger partial charge < -0.3 is 15.1 Å². The minimum atomic E-state index is -0.550. The second-order valence-electron chi connectivity index (χ2n) is 6.96. The second-order valence-corrected chi connectivity index (χ2v) is 6.96. The summed E-state index contributed by atoms with van der Waals surface area (Å²) in [7, 11) is 0. The van der Waals surface area contributed by atoms with E-state index in [-0.39, 0.29) is 11.8 Å². The maximum absolute atomic E-state index is 12.5. The number of aromatic nitrogens is 1. The van der Waals surface area contributed by atoms with Gasteiger partial charge in [-0.2, -0.15) is 0 Å². The summed E-state index contributed by atoms with van der Waals surface area (Å²) < 4.78 is 4.93. The number of aromatic amines is 1. The van der Waals surface area contributed by atoms with Crippen molar-refractivity contribution in [3.05, 3.63) is 58.6 Å². The molecule has 0 saturated carbocycles. The highest BCUT2D eigenvalue weighted by Gasteiger charge is 2.21. The van der Waals surface area contributed by atoms with Crippen molar-refractivity contribution in [1.29, 1.82) is 0 Å². The molecule has 7 nitrogen and oxygen atoms in total. The van der Waals surface area contributed by atoms with Crippen LogP contribution in [0.5, 0.6) is 0 Å². The SMILES string of the molecule is CC(C)(C)C(=O)Nc1cccc(C(=O)Nc2ccc3oc(=O)[nH]c3c2)c1. The normalized spacial score (nSPS) is 11.3. The maximum atomic E-state index is 12.5. The Bertz CT molecular complexity index is 1040. The Kier molecular flexibility index (Phi) is 4.38. The molecule has 3 N–H and O–H groups in total. The average Bonchev–Trinajstić information content (AvgIpc) is 2.93. The van der Waals surface area contributed by atoms with Crippen LogP contribution in [0.3, 0.4) is 0 Å². The number of amides is 2. The highest BCUT2D eigenvalue weighted by Crippen LogP contribution is 2.20. The van der Waals surface area contributed by atoms with E-state index in [0.29, 0.717) is 28.0 Å². The van der Waals surface area contributed by atoms with Crippen LogP contribution in [0, 0.1) is 5.41 Å². The molecule has 0 atom stereocenters. The Morgan fingerprint density at radius 3 is 2.46 bits per heavy atom. The predicted molar refractivity (Wildman–Crippen MR) is 99.3 cm³/mol. The molecule has 0 aliphatic carbocycles. The Morgan fingerprint density at radius 2 is 1.73 bits per heavy atom. The van der Waals surface area contributed by atoms with Crippen molar-refractivity contribution in [3.8, 4) is 0 Å². The Morgan fingerprint density at radius 1 is 1.00 bits per heavy atom. The molecule has 3 aromatic rings. The summed E-state index contributed by atoms with van der Waals surface area (Å²) in [5.41, 5.74) is 1.85. The molecule has 0 aliphatic heterocycles. The molecule has 0 fully saturated rings. The van der Waals surface area contributed by atoms with E-state index < -0.39 is 11.2 Å². The minimum Gasteiger partial charge on any atom is -0.408 e. The lowest BCUT2D eigenvalue weighted by Gasteiger charge is -2.18. The number of carbonyl (C=O) groups excluding carboxylic acids is 2. The smallest absolute Gasteiger partial charge is 0.408 e.